The van der Waals surface area contributed by atoms with Crippen LogP contribution in [0.25, 0.3) is 0 Å². The zero-order valence-corrected chi connectivity index (χ0v) is 19.3. The zero-order valence-electron chi connectivity index (χ0n) is 17.7. The monoisotopic (exact) mass is 466 g/mol. The summed E-state index contributed by atoms with van der Waals surface area (Å²) >= 11 is 3.12. The highest BCUT2D eigenvalue weighted by Crippen LogP contribution is 2.43. The summed E-state index contributed by atoms with van der Waals surface area (Å²) in [5.41, 5.74) is 3.47. The number of rotatable bonds is 4. The van der Waals surface area contributed by atoms with Gasteiger partial charge in [0.15, 0.2) is 11.5 Å². The Kier molecular flexibility index (Phi) is 5.57. The number of ether oxygens (including phenoxy) is 2. The first-order valence-electron chi connectivity index (χ1n) is 10.2. The highest BCUT2D eigenvalue weighted by Gasteiger charge is 2.34. The fourth-order valence-electron chi connectivity index (χ4n) is 4.30. The summed E-state index contributed by atoms with van der Waals surface area (Å²) in [6, 6.07) is 13.4. The van der Waals surface area contributed by atoms with Gasteiger partial charge in [-0.05, 0) is 59.3 Å². The van der Waals surface area contributed by atoms with E-state index in [0.29, 0.717) is 35.0 Å². The largest absolute Gasteiger partial charge is 0.493 e. The molecule has 0 saturated heterocycles. The number of fused-ring (bicyclic) bond motifs is 2. The predicted molar refractivity (Wildman–Crippen MR) is 126 cm³/mol. The maximum atomic E-state index is 13.7. The number of anilines is 1. The standard InChI is InChI=1S/C24H22N2O4S2/c1-29-18-11-14-7-8-26(23(21-4-3-9-31-21)16(14)12-19(18)30-2)24(28)15-5-6-20-17(10-15)25-22(27)13-32-20/h3-6,9-12,23H,7-8,13H2,1-2H3,(H,25,27). The molecular formula is C24H22N2O4S2. The number of methoxy groups -OCH3 is 2. The van der Waals surface area contributed by atoms with Crippen molar-refractivity contribution in [3.05, 3.63) is 69.4 Å². The van der Waals surface area contributed by atoms with Gasteiger partial charge >= 0.3 is 0 Å². The van der Waals surface area contributed by atoms with Gasteiger partial charge in [0, 0.05) is 21.9 Å². The van der Waals surface area contributed by atoms with Crippen molar-refractivity contribution < 1.29 is 19.1 Å². The molecule has 6 nitrogen and oxygen atoms in total. The molecule has 1 N–H and O–H groups in total. The Hall–Kier alpha value is -2.97. The number of nitrogens with zero attached hydrogens (tertiary/aromatic N) is 1. The van der Waals surface area contributed by atoms with Gasteiger partial charge in [-0.3, -0.25) is 9.59 Å². The number of carbonyl (C=O) groups excluding carboxylic acids is 2. The summed E-state index contributed by atoms with van der Waals surface area (Å²) in [6.07, 6.45) is 0.723. The van der Waals surface area contributed by atoms with Gasteiger partial charge in [-0.1, -0.05) is 6.07 Å². The Morgan fingerprint density at radius 1 is 1.12 bits per heavy atom. The van der Waals surface area contributed by atoms with E-state index in [9.17, 15) is 9.59 Å². The van der Waals surface area contributed by atoms with Gasteiger partial charge in [0.1, 0.15) is 0 Å². The summed E-state index contributed by atoms with van der Waals surface area (Å²) in [7, 11) is 3.25. The zero-order chi connectivity index (χ0) is 22.2. The molecule has 3 aromatic rings. The van der Waals surface area contributed by atoms with Crippen molar-refractivity contribution in [3.63, 3.8) is 0 Å². The van der Waals surface area contributed by atoms with E-state index in [-0.39, 0.29) is 17.9 Å². The van der Waals surface area contributed by atoms with E-state index in [4.69, 9.17) is 9.47 Å². The highest BCUT2D eigenvalue weighted by molar-refractivity contribution is 8.00. The first-order chi connectivity index (χ1) is 15.6. The lowest BCUT2D eigenvalue weighted by Crippen LogP contribution is -2.40. The highest BCUT2D eigenvalue weighted by atomic mass is 32.2. The van der Waals surface area contributed by atoms with E-state index in [2.05, 4.69) is 11.4 Å². The second-order valence-corrected chi connectivity index (χ2v) is 9.62. The molecule has 0 aliphatic carbocycles. The second-order valence-electron chi connectivity index (χ2n) is 7.62. The number of hydrogen-bond donors (Lipinski definition) is 1. The minimum absolute atomic E-state index is 0.0449. The van der Waals surface area contributed by atoms with Gasteiger partial charge in [-0.2, -0.15) is 0 Å². The molecule has 5 rings (SSSR count). The molecule has 164 valence electrons. The van der Waals surface area contributed by atoms with Crippen LogP contribution in [-0.2, 0) is 11.2 Å². The molecule has 2 aliphatic rings. The maximum Gasteiger partial charge on any atom is 0.254 e. The van der Waals surface area contributed by atoms with E-state index in [1.807, 2.05) is 40.6 Å². The third kappa shape index (κ3) is 3.63. The first kappa shape index (κ1) is 20.9. The minimum Gasteiger partial charge on any atom is -0.493 e. The average Bonchev–Trinajstić information content (AvgIpc) is 3.35. The van der Waals surface area contributed by atoms with E-state index in [1.54, 1.807) is 31.6 Å². The molecule has 8 heteroatoms. The number of thiophene rings is 1. The second kappa shape index (κ2) is 8.52. The molecule has 1 aromatic heterocycles. The quantitative estimate of drug-likeness (QED) is 0.609. The van der Waals surface area contributed by atoms with Gasteiger partial charge in [0.2, 0.25) is 5.91 Å². The van der Waals surface area contributed by atoms with Crippen molar-refractivity contribution in [1.29, 1.82) is 0 Å². The molecule has 3 heterocycles. The Morgan fingerprint density at radius 2 is 1.94 bits per heavy atom. The molecular weight excluding hydrogens is 444 g/mol. The number of thioether (sulfide) groups is 1. The van der Waals surface area contributed by atoms with E-state index in [1.165, 1.54) is 11.8 Å². The molecule has 2 aliphatic heterocycles. The van der Waals surface area contributed by atoms with Gasteiger partial charge in [0.25, 0.3) is 5.91 Å². The fourth-order valence-corrected chi connectivity index (χ4v) is 5.94. The molecule has 0 spiro atoms. The summed E-state index contributed by atoms with van der Waals surface area (Å²) in [5.74, 6) is 1.64. The van der Waals surface area contributed by atoms with Crippen LogP contribution in [0.15, 0.2) is 52.7 Å². The van der Waals surface area contributed by atoms with Crippen LogP contribution >= 0.6 is 23.1 Å². The molecule has 32 heavy (non-hydrogen) atoms. The van der Waals surface area contributed by atoms with Crippen LogP contribution in [0.4, 0.5) is 5.69 Å². The van der Waals surface area contributed by atoms with Gasteiger partial charge in [-0.15, -0.1) is 23.1 Å². The fraction of sp³-hybridized carbons (Fsp3) is 0.250. The third-order valence-electron chi connectivity index (χ3n) is 5.81. The Morgan fingerprint density at radius 3 is 2.69 bits per heavy atom. The Bertz CT molecular complexity index is 1190. The van der Waals surface area contributed by atoms with E-state index < -0.39 is 0 Å². The number of nitrogens with one attached hydrogen (secondary N) is 1. The molecule has 0 bridgehead atoms. The molecule has 1 atom stereocenters. The van der Waals surface area contributed by atoms with Crippen LogP contribution in [0.2, 0.25) is 0 Å². The van der Waals surface area contributed by atoms with Crippen LogP contribution < -0.4 is 14.8 Å². The van der Waals surface area contributed by atoms with Crippen LogP contribution in [0.3, 0.4) is 0 Å². The summed E-state index contributed by atoms with van der Waals surface area (Å²) in [6.45, 7) is 0.585. The molecule has 1 unspecified atom stereocenters. The van der Waals surface area contributed by atoms with Crippen LogP contribution in [0.1, 0.15) is 32.4 Å². The SMILES string of the molecule is COc1cc2c(cc1OC)C(c1cccs1)N(C(=O)c1ccc3c(c1)NC(=O)CS3)CC2. The molecule has 0 fully saturated rings. The van der Waals surface area contributed by atoms with Crippen molar-refractivity contribution in [2.45, 2.75) is 17.4 Å². The van der Waals surface area contributed by atoms with Crippen LogP contribution in [-0.4, -0.2) is 43.2 Å². The van der Waals surface area contributed by atoms with Crippen molar-refractivity contribution >= 4 is 40.6 Å². The van der Waals surface area contributed by atoms with Crippen LogP contribution in [0, 0.1) is 0 Å². The van der Waals surface area contributed by atoms with E-state index >= 15 is 0 Å². The number of benzene rings is 2. The molecule has 2 aromatic carbocycles. The summed E-state index contributed by atoms with van der Waals surface area (Å²) in [5, 5.41) is 4.91. The molecule has 0 saturated carbocycles. The Balaban J connectivity index is 1.56. The third-order valence-corrected chi connectivity index (χ3v) is 7.80. The van der Waals surface area contributed by atoms with Crippen molar-refractivity contribution in [1.82, 2.24) is 4.90 Å². The summed E-state index contributed by atoms with van der Waals surface area (Å²) < 4.78 is 11.0. The topological polar surface area (TPSA) is 67.9 Å². The number of hydrogen-bond acceptors (Lipinski definition) is 6. The lowest BCUT2D eigenvalue weighted by Gasteiger charge is -2.37. The lowest BCUT2D eigenvalue weighted by atomic mass is 9.90. The summed E-state index contributed by atoms with van der Waals surface area (Å²) in [4.78, 5) is 29.5. The van der Waals surface area contributed by atoms with E-state index in [0.717, 1.165) is 27.3 Å². The Labute approximate surface area is 194 Å². The maximum absolute atomic E-state index is 13.7. The minimum atomic E-state index is -0.217. The van der Waals surface area contributed by atoms with Crippen molar-refractivity contribution in [2.75, 3.05) is 31.8 Å². The normalized spacial score (nSPS) is 17.2. The van der Waals surface area contributed by atoms with Crippen molar-refractivity contribution in [3.8, 4) is 11.5 Å². The van der Waals surface area contributed by atoms with Gasteiger partial charge < -0.3 is 19.7 Å². The first-order valence-corrected chi connectivity index (χ1v) is 12.1. The molecule has 0 radical (unpaired) electrons. The van der Waals surface area contributed by atoms with Crippen LogP contribution in [0.5, 0.6) is 11.5 Å². The van der Waals surface area contributed by atoms with Gasteiger partial charge in [0.05, 0.1) is 31.7 Å². The van der Waals surface area contributed by atoms with Gasteiger partial charge in [-0.25, -0.2) is 0 Å². The lowest BCUT2D eigenvalue weighted by molar-refractivity contribution is -0.113. The smallest absolute Gasteiger partial charge is 0.254 e. The van der Waals surface area contributed by atoms with Crippen molar-refractivity contribution in [2.24, 2.45) is 0 Å². The predicted octanol–water partition coefficient (Wildman–Crippen LogP) is 4.60. The number of amides is 2. The number of carbonyl (C=O) groups is 2. The average molecular weight is 467 g/mol. The molecule has 2 amide bonds.